The first kappa shape index (κ1) is 13.2. The largest absolute Gasteiger partial charge is 0.444 e. The molecule has 0 saturated heterocycles. The molecule has 0 spiro atoms. The number of nitrogens with one attached hydrogen (secondary N) is 1. The van der Waals surface area contributed by atoms with E-state index in [-0.39, 0.29) is 0 Å². The van der Waals surface area contributed by atoms with E-state index in [9.17, 15) is 9.90 Å². The number of ether oxygens (including phenoxy) is 1. The lowest BCUT2D eigenvalue weighted by molar-refractivity contribution is 0.0341. The number of aliphatic hydroxyl groups is 1. The lowest BCUT2D eigenvalue weighted by Crippen LogP contribution is -2.38. The molecule has 84 valence electrons. The number of alkyl carbamates (subject to hydrolysis) is 1. The Labute approximate surface area is 85.6 Å². The van der Waals surface area contributed by atoms with E-state index in [4.69, 9.17) is 4.74 Å². The lowest BCUT2D eigenvalue weighted by Gasteiger charge is -2.21. The number of aliphatic hydroxyl groups excluding tert-OH is 1. The number of carbonyl (C=O) groups is 1. The van der Waals surface area contributed by atoms with Crippen LogP contribution in [0.15, 0.2) is 0 Å². The molecular weight excluding hydrogens is 182 g/mol. The van der Waals surface area contributed by atoms with Gasteiger partial charge < -0.3 is 9.84 Å². The number of hydrogen-bond acceptors (Lipinski definition) is 3. The molecule has 0 fully saturated rings. The number of rotatable bonds is 4. The number of unbranched alkanes of at least 4 members (excludes halogenated alkanes) is 1. The Hall–Kier alpha value is -0.770. The van der Waals surface area contributed by atoms with E-state index in [1.54, 1.807) is 20.8 Å². The summed E-state index contributed by atoms with van der Waals surface area (Å²) in [4.78, 5) is 11.1. The van der Waals surface area contributed by atoms with E-state index in [0.29, 0.717) is 6.42 Å². The van der Waals surface area contributed by atoms with Crippen molar-refractivity contribution in [1.29, 1.82) is 0 Å². The zero-order valence-corrected chi connectivity index (χ0v) is 9.46. The minimum absolute atomic E-state index is 0.519. The van der Waals surface area contributed by atoms with Gasteiger partial charge >= 0.3 is 6.09 Å². The van der Waals surface area contributed by atoms with Gasteiger partial charge in [0.25, 0.3) is 0 Å². The Morgan fingerprint density at radius 2 is 2.07 bits per heavy atom. The second-order valence-electron chi connectivity index (χ2n) is 4.30. The molecular formula is C10H21NO3. The summed E-state index contributed by atoms with van der Waals surface area (Å²) in [7, 11) is 0. The van der Waals surface area contributed by atoms with Gasteiger partial charge in [0.15, 0.2) is 0 Å². The summed E-state index contributed by atoms with van der Waals surface area (Å²) < 4.78 is 4.98. The van der Waals surface area contributed by atoms with Crippen molar-refractivity contribution in [3.8, 4) is 0 Å². The SMILES string of the molecule is CCCC[C@@H](O)NC(=O)OC(C)(C)C. The summed E-state index contributed by atoms with van der Waals surface area (Å²) >= 11 is 0. The highest BCUT2D eigenvalue weighted by Gasteiger charge is 2.17. The molecule has 0 heterocycles. The maximum Gasteiger partial charge on any atom is 0.409 e. The van der Waals surface area contributed by atoms with E-state index in [2.05, 4.69) is 5.32 Å². The van der Waals surface area contributed by atoms with Gasteiger partial charge in [-0.3, -0.25) is 5.32 Å². The predicted molar refractivity (Wildman–Crippen MR) is 54.9 cm³/mol. The molecule has 0 saturated carbocycles. The van der Waals surface area contributed by atoms with E-state index in [1.165, 1.54) is 0 Å². The van der Waals surface area contributed by atoms with Crippen LogP contribution in [-0.2, 0) is 4.74 Å². The summed E-state index contributed by atoms with van der Waals surface area (Å²) in [6, 6.07) is 0. The first-order valence-electron chi connectivity index (χ1n) is 5.02. The third-order valence-electron chi connectivity index (χ3n) is 1.51. The highest BCUT2D eigenvalue weighted by molar-refractivity contribution is 5.67. The smallest absolute Gasteiger partial charge is 0.409 e. The molecule has 0 aliphatic carbocycles. The number of hydrogen-bond donors (Lipinski definition) is 2. The van der Waals surface area contributed by atoms with Crippen molar-refractivity contribution in [3.63, 3.8) is 0 Å². The zero-order valence-electron chi connectivity index (χ0n) is 9.46. The van der Waals surface area contributed by atoms with Crippen LogP contribution in [0.4, 0.5) is 4.79 Å². The van der Waals surface area contributed by atoms with E-state index < -0.39 is 17.9 Å². The summed E-state index contributed by atoms with van der Waals surface area (Å²) in [5, 5.41) is 11.7. The van der Waals surface area contributed by atoms with Crippen LogP contribution in [0.3, 0.4) is 0 Å². The third kappa shape index (κ3) is 7.86. The fraction of sp³-hybridized carbons (Fsp3) is 0.900. The molecule has 1 amide bonds. The van der Waals surface area contributed by atoms with Crippen LogP contribution < -0.4 is 5.32 Å². The predicted octanol–water partition coefficient (Wildman–Crippen LogP) is 2.02. The molecule has 14 heavy (non-hydrogen) atoms. The normalized spacial score (nSPS) is 13.5. The molecule has 0 rings (SSSR count). The van der Waals surface area contributed by atoms with Gasteiger partial charge in [-0.1, -0.05) is 13.3 Å². The van der Waals surface area contributed by atoms with Gasteiger partial charge in [-0.05, 0) is 33.6 Å². The summed E-state index contributed by atoms with van der Waals surface area (Å²) in [5.41, 5.74) is -0.519. The van der Waals surface area contributed by atoms with Crippen LogP contribution in [0.2, 0.25) is 0 Å². The van der Waals surface area contributed by atoms with Crippen LogP contribution in [-0.4, -0.2) is 23.0 Å². The second kappa shape index (κ2) is 5.86. The molecule has 2 N–H and O–H groups in total. The Morgan fingerprint density at radius 3 is 2.50 bits per heavy atom. The quantitative estimate of drug-likeness (QED) is 0.687. The van der Waals surface area contributed by atoms with Crippen molar-refractivity contribution in [2.24, 2.45) is 0 Å². The maximum absolute atomic E-state index is 11.1. The lowest BCUT2D eigenvalue weighted by atomic mass is 10.2. The van der Waals surface area contributed by atoms with Crippen molar-refractivity contribution in [2.45, 2.75) is 58.8 Å². The van der Waals surface area contributed by atoms with E-state index in [0.717, 1.165) is 12.8 Å². The topological polar surface area (TPSA) is 58.6 Å². The maximum atomic E-state index is 11.1. The van der Waals surface area contributed by atoms with Gasteiger partial charge in [-0.2, -0.15) is 0 Å². The zero-order chi connectivity index (χ0) is 11.2. The van der Waals surface area contributed by atoms with Gasteiger partial charge in [0.1, 0.15) is 11.8 Å². The van der Waals surface area contributed by atoms with Crippen molar-refractivity contribution in [1.82, 2.24) is 5.32 Å². The summed E-state index contributed by atoms with van der Waals surface area (Å²) in [5.74, 6) is 0. The van der Waals surface area contributed by atoms with Gasteiger partial charge in [-0.15, -0.1) is 0 Å². The first-order chi connectivity index (χ1) is 6.35. The molecule has 4 nitrogen and oxygen atoms in total. The minimum atomic E-state index is -0.801. The molecule has 0 aliphatic rings. The Balaban J connectivity index is 3.71. The average Bonchev–Trinajstić information content (AvgIpc) is 1.96. The molecule has 0 aromatic heterocycles. The highest BCUT2D eigenvalue weighted by Crippen LogP contribution is 2.07. The van der Waals surface area contributed by atoms with Crippen LogP contribution in [0.5, 0.6) is 0 Å². The minimum Gasteiger partial charge on any atom is -0.444 e. The standard InChI is InChI=1S/C10H21NO3/c1-5-6-7-8(12)11-9(13)14-10(2,3)4/h8,12H,5-7H2,1-4H3,(H,11,13)/t8-/m1/s1. The molecule has 0 radical (unpaired) electrons. The van der Waals surface area contributed by atoms with Gasteiger partial charge in [0, 0.05) is 0 Å². The highest BCUT2D eigenvalue weighted by atomic mass is 16.6. The van der Waals surface area contributed by atoms with Crippen molar-refractivity contribution >= 4 is 6.09 Å². The Morgan fingerprint density at radius 1 is 1.50 bits per heavy atom. The molecule has 0 aliphatic heterocycles. The molecule has 0 unspecified atom stereocenters. The van der Waals surface area contributed by atoms with Crippen LogP contribution >= 0.6 is 0 Å². The Bertz CT molecular complexity index is 175. The van der Waals surface area contributed by atoms with Gasteiger partial charge in [-0.25, -0.2) is 4.79 Å². The van der Waals surface area contributed by atoms with Gasteiger partial charge in [0.2, 0.25) is 0 Å². The van der Waals surface area contributed by atoms with E-state index in [1.807, 2.05) is 6.92 Å². The fourth-order valence-electron chi connectivity index (χ4n) is 0.913. The molecule has 0 bridgehead atoms. The second-order valence-corrected chi connectivity index (χ2v) is 4.30. The average molecular weight is 203 g/mol. The monoisotopic (exact) mass is 203 g/mol. The van der Waals surface area contributed by atoms with Crippen LogP contribution in [0, 0.1) is 0 Å². The van der Waals surface area contributed by atoms with E-state index >= 15 is 0 Å². The molecule has 0 aromatic carbocycles. The number of amides is 1. The number of carbonyl (C=O) groups excluding carboxylic acids is 1. The van der Waals surface area contributed by atoms with Crippen LogP contribution in [0.25, 0.3) is 0 Å². The van der Waals surface area contributed by atoms with Crippen molar-refractivity contribution in [2.75, 3.05) is 0 Å². The third-order valence-corrected chi connectivity index (χ3v) is 1.51. The summed E-state index contributed by atoms with van der Waals surface area (Å²) in [6.07, 6.45) is 1.07. The van der Waals surface area contributed by atoms with Crippen molar-refractivity contribution in [3.05, 3.63) is 0 Å². The van der Waals surface area contributed by atoms with Crippen molar-refractivity contribution < 1.29 is 14.6 Å². The summed E-state index contributed by atoms with van der Waals surface area (Å²) in [6.45, 7) is 7.38. The van der Waals surface area contributed by atoms with Crippen LogP contribution in [0.1, 0.15) is 47.0 Å². The first-order valence-corrected chi connectivity index (χ1v) is 5.02. The molecule has 4 heteroatoms. The fourth-order valence-corrected chi connectivity index (χ4v) is 0.913. The Kier molecular flexibility index (Phi) is 5.53. The van der Waals surface area contributed by atoms with Gasteiger partial charge in [0.05, 0.1) is 0 Å². The molecule has 1 atom stereocenters. The molecule has 0 aromatic rings.